The van der Waals surface area contributed by atoms with Crippen LogP contribution in [0.3, 0.4) is 0 Å². The molecule has 1 aliphatic heterocycles. The lowest BCUT2D eigenvalue weighted by molar-refractivity contribution is -0.125. The molecule has 0 spiro atoms. The fourth-order valence-electron chi connectivity index (χ4n) is 3.07. The molecule has 3 aromatic rings. The van der Waals surface area contributed by atoms with Gasteiger partial charge in [0.25, 0.3) is 5.91 Å². The largest absolute Gasteiger partial charge is 0.496 e. The molecule has 7 nitrogen and oxygen atoms in total. The smallest absolute Gasteiger partial charge is 0.268 e. The van der Waals surface area contributed by atoms with Gasteiger partial charge in [-0.05, 0) is 17.7 Å². The topological polar surface area (TPSA) is 77.7 Å². The van der Waals surface area contributed by atoms with E-state index in [1.807, 2.05) is 54.6 Å². The number of hydrogen-bond donors (Lipinski definition) is 1. The minimum absolute atomic E-state index is 0.257. The highest BCUT2D eigenvalue weighted by Gasteiger charge is 2.30. The number of rotatable bonds is 6. The number of nitrogens with zero attached hydrogens (tertiary/aromatic N) is 3. The van der Waals surface area contributed by atoms with Crippen molar-refractivity contribution in [3.05, 3.63) is 78.1 Å². The Labute approximate surface area is 162 Å². The van der Waals surface area contributed by atoms with E-state index in [0.717, 1.165) is 11.1 Å². The third-order valence-corrected chi connectivity index (χ3v) is 4.47. The maximum atomic E-state index is 12.5. The number of carbonyl (C=O) groups is 1. The van der Waals surface area contributed by atoms with Gasteiger partial charge >= 0.3 is 0 Å². The Kier molecular flexibility index (Phi) is 5.05. The van der Waals surface area contributed by atoms with Gasteiger partial charge in [0.15, 0.2) is 0 Å². The first-order chi connectivity index (χ1) is 13.7. The van der Waals surface area contributed by atoms with Crippen molar-refractivity contribution in [2.24, 2.45) is 5.16 Å². The molecule has 1 atom stereocenters. The van der Waals surface area contributed by atoms with Gasteiger partial charge in [-0.2, -0.15) is 5.10 Å². The molecule has 0 radical (unpaired) electrons. The number of hydrogen-bond acceptors (Lipinski definition) is 5. The molecule has 1 amide bonds. The Morgan fingerprint density at radius 2 is 2.00 bits per heavy atom. The summed E-state index contributed by atoms with van der Waals surface area (Å²) < 4.78 is 7.13. The second-order valence-electron chi connectivity index (χ2n) is 6.44. The zero-order valence-corrected chi connectivity index (χ0v) is 15.4. The van der Waals surface area contributed by atoms with Gasteiger partial charge in [-0.25, -0.2) is 0 Å². The number of benzene rings is 2. The fourth-order valence-corrected chi connectivity index (χ4v) is 3.07. The SMILES string of the molecule is COc1ccccc1C1=NOC(C(=O)Nc2cnn(Cc3ccccc3)c2)C1. The van der Waals surface area contributed by atoms with E-state index in [-0.39, 0.29) is 5.91 Å². The van der Waals surface area contributed by atoms with E-state index in [1.165, 1.54) is 0 Å². The average molecular weight is 376 g/mol. The lowest BCUT2D eigenvalue weighted by atomic mass is 10.0. The van der Waals surface area contributed by atoms with Gasteiger partial charge in [-0.3, -0.25) is 9.48 Å². The van der Waals surface area contributed by atoms with Crippen molar-refractivity contribution in [1.29, 1.82) is 0 Å². The summed E-state index contributed by atoms with van der Waals surface area (Å²) in [7, 11) is 1.60. The van der Waals surface area contributed by atoms with Crippen LogP contribution in [0.2, 0.25) is 0 Å². The minimum atomic E-state index is -0.683. The molecular formula is C21H20N4O3. The molecule has 0 bridgehead atoms. The second kappa shape index (κ2) is 7.96. The third-order valence-electron chi connectivity index (χ3n) is 4.47. The molecule has 28 heavy (non-hydrogen) atoms. The summed E-state index contributed by atoms with van der Waals surface area (Å²) in [5, 5.41) is 11.2. The number of aromatic nitrogens is 2. The molecule has 0 saturated carbocycles. The van der Waals surface area contributed by atoms with E-state index in [4.69, 9.17) is 9.57 Å². The summed E-state index contributed by atoms with van der Waals surface area (Å²) in [5.74, 6) is 0.445. The third kappa shape index (κ3) is 3.88. The summed E-state index contributed by atoms with van der Waals surface area (Å²) in [6.45, 7) is 0.637. The molecule has 0 fully saturated rings. The number of carbonyl (C=O) groups excluding carboxylic acids is 1. The van der Waals surface area contributed by atoms with Crippen molar-refractivity contribution in [2.45, 2.75) is 19.1 Å². The maximum absolute atomic E-state index is 12.5. The summed E-state index contributed by atoms with van der Waals surface area (Å²) >= 11 is 0. The number of methoxy groups -OCH3 is 1. The van der Waals surface area contributed by atoms with E-state index < -0.39 is 6.10 Å². The molecule has 0 saturated heterocycles. The fraction of sp³-hybridized carbons (Fsp3) is 0.190. The van der Waals surface area contributed by atoms with E-state index in [1.54, 1.807) is 24.2 Å². The summed E-state index contributed by atoms with van der Waals surface area (Å²) in [5.41, 5.74) is 3.28. The standard InChI is InChI=1S/C21H20N4O3/c1-27-19-10-6-5-9-17(19)18-11-20(28-24-18)21(26)23-16-12-22-25(14-16)13-15-7-3-2-4-8-15/h2-10,12,14,20H,11,13H2,1H3,(H,23,26). The highest BCUT2D eigenvalue weighted by atomic mass is 16.6. The van der Waals surface area contributed by atoms with Crippen LogP contribution in [0.15, 0.2) is 72.1 Å². The number of para-hydroxylation sites is 1. The predicted octanol–water partition coefficient (Wildman–Crippen LogP) is 3.07. The van der Waals surface area contributed by atoms with E-state index in [2.05, 4.69) is 15.6 Å². The van der Waals surface area contributed by atoms with Crippen LogP contribution in [-0.4, -0.2) is 34.6 Å². The van der Waals surface area contributed by atoms with Crippen LogP contribution in [0.1, 0.15) is 17.5 Å². The van der Waals surface area contributed by atoms with Crippen molar-refractivity contribution in [3.63, 3.8) is 0 Å². The molecule has 1 unspecified atom stereocenters. The molecule has 2 aromatic carbocycles. The normalized spacial score (nSPS) is 15.6. The Bertz CT molecular complexity index is 998. The summed E-state index contributed by atoms with van der Waals surface area (Å²) in [6.07, 6.45) is 3.11. The van der Waals surface area contributed by atoms with Crippen molar-refractivity contribution < 1.29 is 14.4 Å². The Morgan fingerprint density at radius 1 is 1.21 bits per heavy atom. The minimum Gasteiger partial charge on any atom is -0.496 e. The van der Waals surface area contributed by atoms with Crippen molar-refractivity contribution in [3.8, 4) is 5.75 Å². The van der Waals surface area contributed by atoms with Gasteiger partial charge < -0.3 is 14.9 Å². The molecular weight excluding hydrogens is 356 g/mol. The number of oxime groups is 1. The number of ether oxygens (including phenoxy) is 1. The zero-order chi connectivity index (χ0) is 19.3. The van der Waals surface area contributed by atoms with Crippen LogP contribution in [0.4, 0.5) is 5.69 Å². The second-order valence-corrected chi connectivity index (χ2v) is 6.44. The van der Waals surface area contributed by atoms with Gasteiger partial charge in [0.1, 0.15) is 5.75 Å². The van der Waals surface area contributed by atoms with Gasteiger partial charge in [-0.15, -0.1) is 0 Å². The molecule has 2 heterocycles. The zero-order valence-electron chi connectivity index (χ0n) is 15.4. The Hall–Kier alpha value is -3.61. The molecule has 4 rings (SSSR count). The predicted molar refractivity (Wildman–Crippen MR) is 105 cm³/mol. The van der Waals surface area contributed by atoms with E-state index in [0.29, 0.717) is 30.1 Å². The summed E-state index contributed by atoms with van der Waals surface area (Å²) in [4.78, 5) is 17.9. The van der Waals surface area contributed by atoms with Gasteiger partial charge in [0.05, 0.1) is 31.3 Å². The lowest BCUT2D eigenvalue weighted by Crippen LogP contribution is -2.27. The van der Waals surface area contributed by atoms with Crippen molar-refractivity contribution >= 4 is 17.3 Å². The molecule has 1 N–H and O–H groups in total. The van der Waals surface area contributed by atoms with Crippen LogP contribution in [0, 0.1) is 0 Å². The van der Waals surface area contributed by atoms with Crippen molar-refractivity contribution in [2.75, 3.05) is 12.4 Å². The molecule has 142 valence electrons. The van der Waals surface area contributed by atoms with Crippen molar-refractivity contribution in [1.82, 2.24) is 9.78 Å². The molecule has 0 aliphatic carbocycles. The first kappa shape index (κ1) is 17.8. The monoisotopic (exact) mass is 376 g/mol. The van der Waals surface area contributed by atoms with Crippen LogP contribution >= 0.6 is 0 Å². The highest BCUT2D eigenvalue weighted by molar-refractivity contribution is 6.07. The van der Waals surface area contributed by atoms with Crippen LogP contribution in [0.25, 0.3) is 0 Å². The van der Waals surface area contributed by atoms with Crippen LogP contribution in [0.5, 0.6) is 5.75 Å². The van der Waals surface area contributed by atoms with Gasteiger partial charge in [-0.1, -0.05) is 47.6 Å². The molecule has 1 aromatic heterocycles. The number of anilines is 1. The quantitative estimate of drug-likeness (QED) is 0.717. The van der Waals surface area contributed by atoms with E-state index >= 15 is 0 Å². The van der Waals surface area contributed by atoms with Crippen LogP contribution in [-0.2, 0) is 16.2 Å². The molecule has 7 heteroatoms. The lowest BCUT2D eigenvalue weighted by Gasteiger charge is -2.08. The maximum Gasteiger partial charge on any atom is 0.268 e. The first-order valence-corrected chi connectivity index (χ1v) is 8.96. The van der Waals surface area contributed by atoms with E-state index in [9.17, 15) is 4.79 Å². The number of nitrogens with one attached hydrogen (secondary N) is 1. The molecule has 1 aliphatic rings. The highest BCUT2D eigenvalue weighted by Crippen LogP contribution is 2.25. The van der Waals surface area contributed by atoms with Gasteiger partial charge in [0, 0.05) is 18.2 Å². The Morgan fingerprint density at radius 3 is 2.82 bits per heavy atom. The Balaban J connectivity index is 1.36. The van der Waals surface area contributed by atoms with Gasteiger partial charge in [0.2, 0.25) is 6.10 Å². The van der Waals surface area contributed by atoms with Crippen LogP contribution < -0.4 is 10.1 Å². The average Bonchev–Trinajstić information content (AvgIpc) is 3.38. The first-order valence-electron chi connectivity index (χ1n) is 8.96. The number of amides is 1. The summed E-state index contributed by atoms with van der Waals surface area (Å²) in [6, 6.07) is 17.5.